The Labute approximate surface area is 81.2 Å². The smallest absolute Gasteiger partial charge is 0.0403 e. The monoisotopic (exact) mass is 180 g/mol. The molecule has 0 fully saturated rings. The van der Waals surface area contributed by atoms with Gasteiger partial charge in [-0.15, -0.1) is 0 Å². The lowest BCUT2D eigenvalue weighted by atomic mass is 9.99. The number of nitrogens with one attached hydrogen (secondary N) is 2. The Morgan fingerprint density at radius 3 is 2.46 bits per heavy atom. The molecule has 0 saturated heterocycles. The molecular formula is C11H20N2. The molecule has 0 rings (SSSR count). The first-order valence-electron chi connectivity index (χ1n) is 4.80. The van der Waals surface area contributed by atoms with Crippen LogP contribution in [0.3, 0.4) is 0 Å². The summed E-state index contributed by atoms with van der Waals surface area (Å²) < 4.78 is 0. The highest BCUT2D eigenvalue weighted by atomic mass is 14.8. The van der Waals surface area contributed by atoms with Crippen LogP contribution in [0.4, 0.5) is 0 Å². The molecule has 0 spiro atoms. The summed E-state index contributed by atoms with van der Waals surface area (Å²) >= 11 is 0. The Bertz CT molecular complexity index is 214. The third-order valence-corrected chi connectivity index (χ3v) is 1.92. The summed E-state index contributed by atoms with van der Waals surface area (Å²) in [6.07, 6.45) is 4.60. The van der Waals surface area contributed by atoms with Crippen molar-refractivity contribution in [3.05, 3.63) is 23.9 Å². The van der Waals surface area contributed by atoms with Crippen LogP contribution in [0.2, 0.25) is 0 Å². The summed E-state index contributed by atoms with van der Waals surface area (Å²) in [5.41, 5.74) is 2.68. The molecule has 2 heteroatoms. The maximum absolute atomic E-state index is 7.81. The van der Waals surface area contributed by atoms with Gasteiger partial charge in [0.05, 0.1) is 0 Å². The minimum absolute atomic E-state index is 0.684. The summed E-state index contributed by atoms with van der Waals surface area (Å²) in [5, 5.41) is 10.8. The second-order valence-corrected chi connectivity index (χ2v) is 3.03. The number of rotatable bonds is 6. The molecule has 0 heterocycles. The molecular weight excluding hydrogens is 160 g/mol. The zero-order chi connectivity index (χ0) is 10.3. The fraction of sp³-hybridized carbons (Fsp3) is 0.545. The van der Waals surface area contributed by atoms with E-state index in [2.05, 4.69) is 25.7 Å². The zero-order valence-electron chi connectivity index (χ0n) is 8.91. The number of hydrogen-bond donors (Lipinski definition) is 2. The van der Waals surface area contributed by atoms with Gasteiger partial charge in [-0.05, 0) is 18.4 Å². The minimum atomic E-state index is 0.684. The maximum Gasteiger partial charge on any atom is 0.0403 e. The molecule has 0 aliphatic heterocycles. The van der Waals surface area contributed by atoms with E-state index in [4.69, 9.17) is 5.41 Å². The van der Waals surface area contributed by atoms with Crippen LogP contribution >= 0.6 is 0 Å². The van der Waals surface area contributed by atoms with Crippen molar-refractivity contribution in [1.29, 1.82) is 5.41 Å². The standard InChI is InChI=1S/C11H20N2/c1-5-7-11(12)10(8-13-4)9(3)6-2/h8,12-13H,3,5-7H2,1-2,4H3/b10-8-,12-11?. The van der Waals surface area contributed by atoms with Crippen molar-refractivity contribution in [2.45, 2.75) is 33.1 Å². The summed E-state index contributed by atoms with van der Waals surface area (Å²) in [5.74, 6) is 0. The molecule has 74 valence electrons. The van der Waals surface area contributed by atoms with Crippen LogP contribution in [-0.2, 0) is 0 Å². The van der Waals surface area contributed by atoms with Gasteiger partial charge in [-0.1, -0.05) is 26.8 Å². The summed E-state index contributed by atoms with van der Waals surface area (Å²) in [6, 6.07) is 0. The fourth-order valence-electron chi connectivity index (χ4n) is 1.12. The quantitative estimate of drug-likeness (QED) is 0.478. The lowest BCUT2D eigenvalue weighted by Crippen LogP contribution is -2.07. The van der Waals surface area contributed by atoms with Crippen molar-refractivity contribution in [2.75, 3.05) is 7.05 Å². The van der Waals surface area contributed by atoms with Gasteiger partial charge in [-0.3, -0.25) is 0 Å². The molecule has 0 aromatic heterocycles. The number of allylic oxidation sites excluding steroid dienone is 2. The van der Waals surface area contributed by atoms with E-state index in [-0.39, 0.29) is 0 Å². The highest BCUT2D eigenvalue weighted by molar-refractivity contribution is 6.01. The SMILES string of the molecule is C=C(CC)/C(=C/NC)C(=N)CCC. The van der Waals surface area contributed by atoms with Crippen molar-refractivity contribution in [2.24, 2.45) is 0 Å². The maximum atomic E-state index is 7.81. The van der Waals surface area contributed by atoms with Crippen molar-refractivity contribution in [3.63, 3.8) is 0 Å². The highest BCUT2D eigenvalue weighted by Gasteiger charge is 2.06. The highest BCUT2D eigenvalue weighted by Crippen LogP contribution is 2.14. The normalized spacial score (nSPS) is 11.2. The van der Waals surface area contributed by atoms with Crippen molar-refractivity contribution >= 4 is 5.71 Å². The molecule has 0 aliphatic carbocycles. The molecule has 0 saturated carbocycles. The van der Waals surface area contributed by atoms with Gasteiger partial charge in [-0.25, -0.2) is 0 Å². The van der Waals surface area contributed by atoms with E-state index in [1.54, 1.807) is 0 Å². The van der Waals surface area contributed by atoms with Gasteiger partial charge in [0.25, 0.3) is 0 Å². The van der Waals surface area contributed by atoms with Crippen LogP contribution < -0.4 is 5.32 Å². The van der Waals surface area contributed by atoms with E-state index >= 15 is 0 Å². The van der Waals surface area contributed by atoms with E-state index in [1.165, 1.54) is 0 Å². The second kappa shape index (κ2) is 6.46. The van der Waals surface area contributed by atoms with E-state index in [0.29, 0.717) is 5.71 Å². The lowest BCUT2D eigenvalue weighted by Gasteiger charge is -2.09. The van der Waals surface area contributed by atoms with Gasteiger partial charge >= 0.3 is 0 Å². The van der Waals surface area contributed by atoms with Gasteiger partial charge in [0, 0.05) is 24.5 Å². The molecule has 0 bridgehead atoms. The van der Waals surface area contributed by atoms with E-state index in [9.17, 15) is 0 Å². The predicted octanol–water partition coefficient (Wildman–Crippen LogP) is 2.88. The molecule has 0 aromatic rings. The van der Waals surface area contributed by atoms with Crippen molar-refractivity contribution < 1.29 is 0 Å². The Morgan fingerprint density at radius 1 is 1.46 bits per heavy atom. The molecule has 0 amide bonds. The summed E-state index contributed by atoms with van der Waals surface area (Å²) in [6.45, 7) is 8.09. The van der Waals surface area contributed by atoms with Gasteiger partial charge in [0.1, 0.15) is 0 Å². The van der Waals surface area contributed by atoms with Crippen molar-refractivity contribution in [1.82, 2.24) is 5.32 Å². The Kier molecular flexibility index (Phi) is 5.94. The predicted molar refractivity (Wildman–Crippen MR) is 59.2 cm³/mol. The van der Waals surface area contributed by atoms with Gasteiger partial charge in [0.2, 0.25) is 0 Å². The summed E-state index contributed by atoms with van der Waals surface area (Å²) in [7, 11) is 1.85. The van der Waals surface area contributed by atoms with Gasteiger partial charge in [-0.2, -0.15) is 0 Å². The van der Waals surface area contributed by atoms with E-state index < -0.39 is 0 Å². The first-order chi connectivity index (χ1) is 6.17. The van der Waals surface area contributed by atoms with Crippen molar-refractivity contribution in [3.8, 4) is 0 Å². The van der Waals surface area contributed by atoms with Crippen LogP contribution in [0.5, 0.6) is 0 Å². The topological polar surface area (TPSA) is 35.9 Å². The fourth-order valence-corrected chi connectivity index (χ4v) is 1.12. The largest absolute Gasteiger partial charge is 0.393 e. The number of hydrogen-bond acceptors (Lipinski definition) is 2. The van der Waals surface area contributed by atoms with Gasteiger partial charge in [0.15, 0.2) is 0 Å². The average molecular weight is 180 g/mol. The van der Waals surface area contributed by atoms with Gasteiger partial charge < -0.3 is 10.7 Å². The average Bonchev–Trinajstić information content (AvgIpc) is 2.13. The molecule has 13 heavy (non-hydrogen) atoms. The van der Waals surface area contributed by atoms with E-state index in [1.807, 2.05) is 13.2 Å². The van der Waals surface area contributed by atoms with Crippen LogP contribution in [0.15, 0.2) is 23.9 Å². The second-order valence-electron chi connectivity index (χ2n) is 3.03. The molecule has 0 aromatic carbocycles. The summed E-state index contributed by atoms with van der Waals surface area (Å²) in [4.78, 5) is 0. The molecule has 0 radical (unpaired) electrons. The Hall–Kier alpha value is -1.05. The zero-order valence-corrected chi connectivity index (χ0v) is 8.91. The lowest BCUT2D eigenvalue weighted by molar-refractivity contribution is 0.973. The third-order valence-electron chi connectivity index (χ3n) is 1.92. The molecule has 0 atom stereocenters. The first kappa shape index (κ1) is 11.9. The minimum Gasteiger partial charge on any atom is -0.393 e. The van der Waals surface area contributed by atoms with Crippen LogP contribution in [0.25, 0.3) is 0 Å². The van der Waals surface area contributed by atoms with Crippen LogP contribution in [-0.4, -0.2) is 12.8 Å². The Balaban J connectivity index is 4.52. The Morgan fingerprint density at radius 2 is 2.08 bits per heavy atom. The third kappa shape index (κ3) is 3.92. The molecule has 0 aliphatic rings. The molecule has 2 nitrogen and oxygen atoms in total. The van der Waals surface area contributed by atoms with Crippen LogP contribution in [0.1, 0.15) is 33.1 Å². The van der Waals surface area contributed by atoms with Crippen LogP contribution in [0, 0.1) is 5.41 Å². The molecule has 2 N–H and O–H groups in total. The first-order valence-corrected chi connectivity index (χ1v) is 4.80. The molecule has 0 unspecified atom stereocenters. The van der Waals surface area contributed by atoms with E-state index in [0.717, 1.165) is 30.4 Å².